The fraction of sp³-hybridized carbons (Fsp3) is 0.562. The van der Waals surface area contributed by atoms with Gasteiger partial charge in [0.25, 0.3) is 0 Å². The standard InChI is InChI=1S/C16H23N5O2S/c1-12(2)21-11-14(7-19-21)16-9-17-15(8-18-16)13-5-4-6-20(10-13)24(3,22)23/h7-9,11-13H,4-6,10H2,1-3H3/t13-/m0/s1. The Morgan fingerprint density at radius 2 is 2.00 bits per heavy atom. The van der Waals surface area contributed by atoms with E-state index < -0.39 is 10.0 Å². The summed E-state index contributed by atoms with van der Waals surface area (Å²) in [6.07, 6.45) is 10.3. The molecule has 7 nitrogen and oxygen atoms in total. The van der Waals surface area contributed by atoms with Gasteiger partial charge < -0.3 is 0 Å². The second-order valence-electron chi connectivity index (χ2n) is 6.59. The number of piperidine rings is 1. The molecule has 1 atom stereocenters. The molecule has 0 radical (unpaired) electrons. The van der Waals surface area contributed by atoms with E-state index in [2.05, 4.69) is 28.9 Å². The Labute approximate surface area is 142 Å². The molecular formula is C16H23N5O2S. The van der Waals surface area contributed by atoms with Crippen molar-refractivity contribution in [3.63, 3.8) is 0 Å². The van der Waals surface area contributed by atoms with Crippen LogP contribution in [0.5, 0.6) is 0 Å². The van der Waals surface area contributed by atoms with Gasteiger partial charge >= 0.3 is 0 Å². The van der Waals surface area contributed by atoms with Gasteiger partial charge in [-0.2, -0.15) is 5.10 Å². The summed E-state index contributed by atoms with van der Waals surface area (Å²) in [5, 5.41) is 4.32. The molecule has 1 fully saturated rings. The molecule has 0 unspecified atom stereocenters. The number of hydrogen-bond acceptors (Lipinski definition) is 5. The lowest BCUT2D eigenvalue weighted by Crippen LogP contribution is -2.38. The monoisotopic (exact) mass is 349 g/mol. The maximum absolute atomic E-state index is 11.7. The normalized spacial score (nSPS) is 19.8. The highest BCUT2D eigenvalue weighted by atomic mass is 32.2. The van der Waals surface area contributed by atoms with Crippen molar-refractivity contribution < 1.29 is 8.42 Å². The molecule has 130 valence electrons. The first kappa shape index (κ1) is 17.0. The van der Waals surface area contributed by atoms with E-state index in [0.717, 1.165) is 29.8 Å². The van der Waals surface area contributed by atoms with Gasteiger partial charge in [0.1, 0.15) is 0 Å². The van der Waals surface area contributed by atoms with Crippen LogP contribution in [0.4, 0.5) is 0 Å². The highest BCUT2D eigenvalue weighted by Crippen LogP contribution is 2.27. The predicted octanol–water partition coefficient (Wildman–Crippen LogP) is 2.06. The van der Waals surface area contributed by atoms with Crippen LogP contribution in [-0.2, 0) is 10.0 Å². The summed E-state index contributed by atoms with van der Waals surface area (Å²) in [5.74, 6) is 0.105. The lowest BCUT2D eigenvalue weighted by molar-refractivity contribution is 0.314. The van der Waals surface area contributed by atoms with Crippen molar-refractivity contribution in [2.75, 3.05) is 19.3 Å². The first-order chi connectivity index (χ1) is 11.3. The average Bonchev–Trinajstić information content (AvgIpc) is 3.05. The summed E-state index contributed by atoms with van der Waals surface area (Å²) in [6, 6.07) is 0.301. The number of aromatic nitrogens is 4. The van der Waals surface area contributed by atoms with Crippen molar-refractivity contribution in [2.45, 2.75) is 38.6 Å². The van der Waals surface area contributed by atoms with Gasteiger partial charge in [-0.25, -0.2) is 12.7 Å². The molecule has 3 heterocycles. The van der Waals surface area contributed by atoms with Crippen molar-refractivity contribution in [2.24, 2.45) is 0 Å². The third-order valence-corrected chi connectivity index (χ3v) is 5.64. The van der Waals surface area contributed by atoms with Crippen LogP contribution in [0, 0.1) is 0 Å². The third kappa shape index (κ3) is 3.64. The van der Waals surface area contributed by atoms with E-state index in [0.29, 0.717) is 19.1 Å². The molecule has 2 aromatic heterocycles. The van der Waals surface area contributed by atoms with Gasteiger partial charge in [-0.05, 0) is 26.7 Å². The molecule has 0 N–H and O–H groups in total. The number of hydrogen-bond donors (Lipinski definition) is 0. The van der Waals surface area contributed by atoms with Crippen LogP contribution in [0.2, 0.25) is 0 Å². The Morgan fingerprint density at radius 3 is 2.58 bits per heavy atom. The van der Waals surface area contributed by atoms with Crippen LogP contribution in [0.3, 0.4) is 0 Å². The van der Waals surface area contributed by atoms with Gasteiger partial charge in [0, 0.05) is 43.0 Å². The van der Waals surface area contributed by atoms with Crippen molar-refractivity contribution in [3.05, 3.63) is 30.5 Å². The van der Waals surface area contributed by atoms with E-state index in [1.54, 1.807) is 18.6 Å². The van der Waals surface area contributed by atoms with Crippen LogP contribution in [-0.4, -0.2) is 51.8 Å². The second kappa shape index (κ2) is 6.60. The molecule has 1 saturated heterocycles. The molecule has 24 heavy (non-hydrogen) atoms. The minimum absolute atomic E-state index is 0.105. The second-order valence-corrected chi connectivity index (χ2v) is 8.57. The zero-order chi connectivity index (χ0) is 17.3. The molecule has 8 heteroatoms. The minimum atomic E-state index is -3.15. The largest absolute Gasteiger partial charge is 0.270 e. The topological polar surface area (TPSA) is 81.0 Å². The molecular weight excluding hydrogens is 326 g/mol. The van der Waals surface area contributed by atoms with Gasteiger partial charge in [0.15, 0.2) is 0 Å². The summed E-state index contributed by atoms with van der Waals surface area (Å²) in [7, 11) is -3.15. The van der Waals surface area contributed by atoms with E-state index in [4.69, 9.17) is 0 Å². The lowest BCUT2D eigenvalue weighted by Gasteiger charge is -2.30. The Morgan fingerprint density at radius 1 is 1.21 bits per heavy atom. The molecule has 1 aliphatic heterocycles. The first-order valence-electron chi connectivity index (χ1n) is 8.16. The molecule has 0 aliphatic carbocycles. The molecule has 0 bridgehead atoms. The van der Waals surface area contributed by atoms with Gasteiger partial charge in [0.05, 0.1) is 30.0 Å². The van der Waals surface area contributed by atoms with Crippen LogP contribution < -0.4 is 0 Å². The molecule has 0 saturated carbocycles. The van der Waals surface area contributed by atoms with Gasteiger partial charge in [-0.1, -0.05) is 0 Å². The summed E-state index contributed by atoms with van der Waals surface area (Å²) in [6.45, 7) is 5.22. The maximum Gasteiger partial charge on any atom is 0.211 e. The highest BCUT2D eigenvalue weighted by molar-refractivity contribution is 7.88. The van der Waals surface area contributed by atoms with Gasteiger partial charge in [-0.3, -0.25) is 14.6 Å². The summed E-state index contributed by atoms with van der Waals surface area (Å²) < 4.78 is 26.9. The van der Waals surface area contributed by atoms with Crippen molar-refractivity contribution in [1.82, 2.24) is 24.1 Å². The Hall–Kier alpha value is -1.80. The molecule has 0 aromatic carbocycles. The number of rotatable bonds is 4. The maximum atomic E-state index is 11.7. The Balaban J connectivity index is 1.76. The predicted molar refractivity (Wildman–Crippen MR) is 92.0 cm³/mol. The van der Waals surface area contributed by atoms with Crippen molar-refractivity contribution >= 4 is 10.0 Å². The highest BCUT2D eigenvalue weighted by Gasteiger charge is 2.27. The van der Waals surface area contributed by atoms with Crippen LogP contribution in [0.15, 0.2) is 24.8 Å². The van der Waals surface area contributed by atoms with E-state index in [1.807, 2.05) is 10.9 Å². The average molecular weight is 349 g/mol. The van der Waals surface area contributed by atoms with Gasteiger partial charge in [0.2, 0.25) is 10.0 Å². The van der Waals surface area contributed by atoms with E-state index in [1.165, 1.54) is 10.6 Å². The molecule has 0 spiro atoms. The third-order valence-electron chi connectivity index (χ3n) is 4.37. The van der Waals surface area contributed by atoms with E-state index in [9.17, 15) is 8.42 Å². The van der Waals surface area contributed by atoms with Gasteiger partial charge in [-0.15, -0.1) is 0 Å². The van der Waals surface area contributed by atoms with Crippen LogP contribution in [0.25, 0.3) is 11.3 Å². The Bertz CT molecular complexity index is 798. The molecule has 3 rings (SSSR count). The Kier molecular flexibility index (Phi) is 4.69. The molecule has 1 aliphatic rings. The SMILES string of the molecule is CC(C)n1cc(-c2cnc([C@H]3CCCN(S(C)(=O)=O)C3)cn2)cn1. The fourth-order valence-electron chi connectivity index (χ4n) is 2.94. The summed E-state index contributed by atoms with van der Waals surface area (Å²) in [5.41, 5.74) is 2.56. The quantitative estimate of drug-likeness (QED) is 0.844. The van der Waals surface area contributed by atoms with E-state index >= 15 is 0 Å². The summed E-state index contributed by atoms with van der Waals surface area (Å²) in [4.78, 5) is 9.03. The lowest BCUT2D eigenvalue weighted by atomic mass is 9.96. The smallest absolute Gasteiger partial charge is 0.211 e. The first-order valence-corrected chi connectivity index (χ1v) is 10.0. The number of sulfonamides is 1. The number of nitrogens with zero attached hydrogens (tertiary/aromatic N) is 5. The minimum Gasteiger partial charge on any atom is -0.270 e. The van der Waals surface area contributed by atoms with Crippen LogP contribution >= 0.6 is 0 Å². The van der Waals surface area contributed by atoms with E-state index in [-0.39, 0.29) is 5.92 Å². The fourth-order valence-corrected chi connectivity index (χ4v) is 3.85. The van der Waals surface area contributed by atoms with Crippen molar-refractivity contribution in [3.8, 4) is 11.3 Å². The van der Waals surface area contributed by atoms with Crippen molar-refractivity contribution in [1.29, 1.82) is 0 Å². The summed E-state index contributed by atoms with van der Waals surface area (Å²) >= 11 is 0. The molecule has 2 aromatic rings. The zero-order valence-electron chi connectivity index (χ0n) is 14.3. The zero-order valence-corrected chi connectivity index (χ0v) is 15.1. The van der Waals surface area contributed by atoms with Crippen LogP contribution in [0.1, 0.15) is 44.3 Å². The molecule has 0 amide bonds.